The lowest BCUT2D eigenvalue weighted by Crippen LogP contribution is -2.04. The van der Waals surface area contributed by atoms with Crippen molar-refractivity contribution < 1.29 is 4.74 Å². The largest absolute Gasteiger partial charge is 0.455 e. The third-order valence-electron chi connectivity index (χ3n) is 3.10. The zero-order valence-electron chi connectivity index (χ0n) is 11.3. The second kappa shape index (κ2) is 5.72. The van der Waals surface area contributed by atoms with E-state index in [1.165, 1.54) is 5.56 Å². The number of nitrogens with one attached hydrogen (secondary N) is 1. The second-order valence-electron chi connectivity index (χ2n) is 4.61. The number of pyridine rings is 1. The van der Waals surface area contributed by atoms with Crippen LogP contribution in [0, 0.1) is 0 Å². The van der Waals surface area contributed by atoms with Crippen molar-refractivity contribution in [2.75, 3.05) is 7.05 Å². The molecule has 1 heterocycles. The number of ether oxygens (including phenoxy) is 1. The Morgan fingerprint density at radius 2 is 1.90 bits per heavy atom. The predicted octanol–water partition coefficient (Wildman–Crippen LogP) is 3.75. The highest BCUT2D eigenvalue weighted by molar-refractivity contribution is 5.84. The minimum absolute atomic E-state index is 0.782. The van der Waals surface area contributed by atoms with E-state index in [1.54, 1.807) is 6.20 Å². The first-order valence-electron chi connectivity index (χ1n) is 6.62. The predicted molar refractivity (Wildman–Crippen MR) is 81.0 cm³/mol. The maximum Gasteiger partial charge on any atom is 0.153 e. The molecule has 0 fully saturated rings. The van der Waals surface area contributed by atoms with E-state index >= 15 is 0 Å². The quantitative estimate of drug-likeness (QED) is 0.779. The topological polar surface area (TPSA) is 34.1 Å². The van der Waals surface area contributed by atoms with Crippen LogP contribution in [0.15, 0.2) is 60.8 Å². The van der Waals surface area contributed by atoms with E-state index in [9.17, 15) is 0 Å². The van der Waals surface area contributed by atoms with Crippen molar-refractivity contribution in [2.24, 2.45) is 0 Å². The standard InChI is InChI=1S/C17H16N2O/c1-18-12-13-5-2-8-15(11-13)20-16-9-3-6-14-7-4-10-19-17(14)16/h2-11,18H,12H2,1H3. The number of fused-ring (bicyclic) bond motifs is 1. The van der Waals surface area contributed by atoms with E-state index in [4.69, 9.17) is 4.74 Å². The summed E-state index contributed by atoms with van der Waals surface area (Å²) in [6.07, 6.45) is 1.78. The van der Waals surface area contributed by atoms with Crippen LogP contribution in [-0.4, -0.2) is 12.0 Å². The van der Waals surface area contributed by atoms with Gasteiger partial charge in [-0.05, 0) is 36.9 Å². The Hall–Kier alpha value is -2.39. The fourth-order valence-corrected chi connectivity index (χ4v) is 2.21. The lowest BCUT2D eigenvalue weighted by molar-refractivity contribution is 0.486. The summed E-state index contributed by atoms with van der Waals surface area (Å²) in [6, 6.07) is 18.0. The molecule has 0 saturated heterocycles. The first-order chi connectivity index (χ1) is 9.86. The molecule has 0 atom stereocenters. The fourth-order valence-electron chi connectivity index (χ4n) is 2.21. The first kappa shape index (κ1) is 12.6. The highest BCUT2D eigenvalue weighted by Crippen LogP contribution is 2.28. The van der Waals surface area contributed by atoms with Gasteiger partial charge < -0.3 is 10.1 Å². The molecule has 3 rings (SSSR count). The molecule has 20 heavy (non-hydrogen) atoms. The molecule has 0 bridgehead atoms. The maximum atomic E-state index is 5.99. The molecule has 1 N–H and O–H groups in total. The Bertz CT molecular complexity index is 720. The van der Waals surface area contributed by atoms with Crippen molar-refractivity contribution in [1.29, 1.82) is 0 Å². The Morgan fingerprint density at radius 1 is 1.05 bits per heavy atom. The smallest absolute Gasteiger partial charge is 0.153 e. The van der Waals surface area contributed by atoms with Crippen LogP contribution in [-0.2, 0) is 6.54 Å². The van der Waals surface area contributed by atoms with Gasteiger partial charge in [-0.2, -0.15) is 0 Å². The molecule has 0 unspecified atom stereocenters. The normalized spacial score (nSPS) is 10.7. The molecule has 0 aliphatic heterocycles. The van der Waals surface area contributed by atoms with Crippen LogP contribution in [0.3, 0.4) is 0 Å². The van der Waals surface area contributed by atoms with Crippen LogP contribution >= 0.6 is 0 Å². The number of para-hydroxylation sites is 1. The molecule has 3 nitrogen and oxygen atoms in total. The molecule has 0 aliphatic carbocycles. The summed E-state index contributed by atoms with van der Waals surface area (Å²) in [6.45, 7) is 0.824. The highest BCUT2D eigenvalue weighted by atomic mass is 16.5. The van der Waals surface area contributed by atoms with Gasteiger partial charge >= 0.3 is 0 Å². The van der Waals surface area contributed by atoms with Gasteiger partial charge in [0.05, 0.1) is 0 Å². The van der Waals surface area contributed by atoms with Gasteiger partial charge in [-0.1, -0.05) is 30.3 Å². The number of hydrogen-bond donors (Lipinski definition) is 1. The molecule has 1 aromatic heterocycles. The third kappa shape index (κ3) is 2.63. The minimum Gasteiger partial charge on any atom is -0.455 e. The molecular weight excluding hydrogens is 248 g/mol. The highest BCUT2D eigenvalue weighted by Gasteiger charge is 2.04. The van der Waals surface area contributed by atoms with E-state index in [2.05, 4.69) is 16.4 Å². The molecular formula is C17H16N2O. The first-order valence-corrected chi connectivity index (χ1v) is 6.62. The van der Waals surface area contributed by atoms with E-state index < -0.39 is 0 Å². The summed E-state index contributed by atoms with van der Waals surface area (Å²) in [5.74, 6) is 1.61. The molecule has 100 valence electrons. The van der Waals surface area contributed by atoms with E-state index in [1.807, 2.05) is 55.6 Å². The lowest BCUT2D eigenvalue weighted by atomic mass is 10.2. The Balaban J connectivity index is 1.95. The van der Waals surface area contributed by atoms with Crippen LogP contribution in [0.5, 0.6) is 11.5 Å². The van der Waals surface area contributed by atoms with Gasteiger partial charge in [0.1, 0.15) is 11.3 Å². The number of nitrogens with zero attached hydrogens (tertiary/aromatic N) is 1. The summed E-state index contributed by atoms with van der Waals surface area (Å²) in [7, 11) is 1.93. The monoisotopic (exact) mass is 264 g/mol. The minimum atomic E-state index is 0.782. The van der Waals surface area contributed by atoms with Crippen LogP contribution in [0.4, 0.5) is 0 Å². The van der Waals surface area contributed by atoms with Gasteiger partial charge in [0.25, 0.3) is 0 Å². The van der Waals surface area contributed by atoms with Crippen LogP contribution < -0.4 is 10.1 Å². The third-order valence-corrected chi connectivity index (χ3v) is 3.10. The molecule has 3 aromatic rings. The van der Waals surface area contributed by atoms with Crippen LogP contribution in [0.1, 0.15) is 5.56 Å². The summed E-state index contributed by atoms with van der Waals surface area (Å²) in [4.78, 5) is 4.40. The molecule has 0 amide bonds. The molecule has 0 spiro atoms. The zero-order valence-corrected chi connectivity index (χ0v) is 11.3. The van der Waals surface area contributed by atoms with Crippen LogP contribution in [0.25, 0.3) is 10.9 Å². The molecule has 0 saturated carbocycles. The summed E-state index contributed by atoms with van der Waals surface area (Å²) < 4.78 is 5.99. The Labute approximate surface area is 118 Å². The molecule has 2 aromatic carbocycles. The summed E-state index contributed by atoms with van der Waals surface area (Å²) >= 11 is 0. The average Bonchev–Trinajstić information content (AvgIpc) is 2.48. The van der Waals surface area contributed by atoms with E-state index in [0.717, 1.165) is 28.9 Å². The van der Waals surface area contributed by atoms with E-state index in [0.29, 0.717) is 0 Å². The van der Waals surface area contributed by atoms with Crippen molar-refractivity contribution in [2.45, 2.75) is 6.54 Å². The van der Waals surface area contributed by atoms with Crippen molar-refractivity contribution in [3.05, 3.63) is 66.4 Å². The fraction of sp³-hybridized carbons (Fsp3) is 0.118. The van der Waals surface area contributed by atoms with Gasteiger partial charge in [0.2, 0.25) is 0 Å². The van der Waals surface area contributed by atoms with E-state index in [-0.39, 0.29) is 0 Å². The maximum absolute atomic E-state index is 5.99. The number of rotatable bonds is 4. The second-order valence-corrected chi connectivity index (χ2v) is 4.61. The molecule has 3 heteroatoms. The van der Waals surface area contributed by atoms with Crippen molar-refractivity contribution in [3.8, 4) is 11.5 Å². The lowest BCUT2D eigenvalue weighted by Gasteiger charge is -2.09. The molecule has 0 aliphatic rings. The SMILES string of the molecule is CNCc1cccc(Oc2cccc3cccnc23)c1. The zero-order chi connectivity index (χ0) is 13.8. The van der Waals surface area contributed by atoms with Gasteiger partial charge in [-0.15, -0.1) is 0 Å². The number of benzene rings is 2. The van der Waals surface area contributed by atoms with Gasteiger partial charge in [-0.25, -0.2) is 0 Å². The summed E-state index contributed by atoms with van der Waals surface area (Å²) in [5.41, 5.74) is 2.08. The van der Waals surface area contributed by atoms with Gasteiger partial charge in [-0.3, -0.25) is 4.98 Å². The van der Waals surface area contributed by atoms with Gasteiger partial charge in [0.15, 0.2) is 5.75 Å². The van der Waals surface area contributed by atoms with Crippen LogP contribution in [0.2, 0.25) is 0 Å². The van der Waals surface area contributed by atoms with Gasteiger partial charge in [0, 0.05) is 18.1 Å². The number of aromatic nitrogens is 1. The average molecular weight is 264 g/mol. The number of hydrogen-bond acceptors (Lipinski definition) is 3. The Kier molecular flexibility index (Phi) is 3.61. The van der Waals surface area contributed by atoms with Crippen molar-refractivity contribution in [3.63, 3.8) is 0 Å². The van der Waals surface area contributed by atoms with Crippen molar-refractivity contribution >= 4 is 10.9 Å². The Morgan fingerprint density at radius 3 is 2.80 bits per heavy atom. The summed E-state index contributed by atoms with van der Waals surface area (Å²) in [5, 5.41) is 4.22. The van der Waals surface area contributed by atoms with Crippen molar-refractivity contribution in [1.82, 2.24) is 10.3 Å². The molecule has 0 radical (unpaired) electrons.